The minimum absolute atomic E-state index is 0.316. The van der Waals surface area contributed by atoms with Crippen molar-refractivity contribution in [1.82, 2.24) is 5.32 Å². The van der Waals surface area contributed by atoms with Gasteiger partial charge in [0.25, 0.3) is 0 Å². The molecule has 1 aromatic carbocycles. The van der Waals surface area contributed by atoms with Crippen LogP contribution in [0.5, 0.6) is 5.75 Å². The van der Waals surface area contributed by atoms with Crippen LogP contribution in [0.3, 0.4) is 0 Å². The zero-order valence-corrected chi connectivity index (χ0v) is 16.1. The van der Waals surface area contributed by atoms with Crippen molar-refractivity contribution in [3.8, 4) is 5.75 Å². The molecule has 2 rings (SSSR count). The smallest absolute Gasteiger partial charge is 0.119 e. The van der Waals surface area contributed by atoms with E-state index in [9.17, 15) is 0 Å². The van der Waals surface area contributed by atoms with Gasteiger partial charge in [0.1, 0.15) is 5.75 Å². The van der Waals surface area contributed by atoms with Crippen LogP contribution >= 0.6 is 43.2 Å². The molecule has 114 valence electrons. The fraction of sp³-hybridized carbons (Fsp3) is 0.375. The maximum absolute atomic E-state index is 5.34. The third kappa shape index (κ3) is 4.81. The Hall–Kier alpha value is -0.360. The second-order valence-electron chi connectivity index (χ2n) is 4.85. The van der Waals surface area contributed by atoms with Crippen molar-refractivity contribution in [1.29, 1.82) is 0 Å². The summed E-state index contributed by atoms with van der Waals surface area (Å²) < 4.78 is 7.63. The Morgan fingerprint density at radius 1 is 1.29 bits per heavy atom. The first-order valence-electron chi connectivity index (χ1n) is 6.93. The van der Waals surface area contributed by atoms with Crippen molar-refractivity contribution >= 4 is 43.2 Å². The lowest BCUT2D eigenvalue weighted by Crippen LogP contribution is -2.23. The summed E-state index contributed by atoms with van der Waals surface area (Å²) in [5.74, 6) is 0.897. The number of benzene rings is 1. The van der Waals surface area contributed by atoms with Crippen molar-refractivity contribution in [2.45, 2.75) is 25.8 Å². The van der Waals surface area contributed by atoms with Gasteiger partial charge >= 0.3 is 0 Å². The highest BCUT2D eigenvalue weighted by Gasteiger charge is 2.15. The second kappa shape index (κ2) is 8.32. The first-order valence-corrected chi connectivity index (χ1v) is 9.40. The van der Waals surface area contributed by atoms with E-state index in [1.807, 2.05) is 6.07 Å². The summed E-state index contributed by atoms with van der Waals surface area (Å²) in [6.45, 7) is 3.20. The molecule has 1 atom stereocenters. The van der Waals surface area contributed by atoms with E-state index in [0.717, 1.165) is 29.6 Å². The molecule has 0 radical (unpaired) electrons. The van der Waals surface area contributed by atoms with E-state index < -0.39 is 0 Å². The molecule has 0 amide bonds. The van der Waals surface area contributed by atoms with E-state index in [0.29, 0.717) is 6.04 Å². The molecule has 2 nitrogen and oxygen atoms in total. The molecule has 0 fully saturated rings. The molecule has 2 aromatic rings. The number of thiophene rings is 1. The largest absolute Gasteiger partial charge is 0.497 e. The number of methoxy groups -OCH3 is 1. The average Bonchev–Trinajstić information content (AvgIpc) is 2.91. The van der Waals surface area contributed by atoms with E-state index in [1.165, 1.54) is 14.9 Å². The van der Waals surface area contributed by atoms with Crippen LogP contribution in [0.4, 0.5) is 0 Å². The highest BCUT2D eigenvalue weighted by atomic mass is 79.9. The monoisotopic (exact) mass is 431 g/mol. The van der Waals surface area contributed by atoms with Gasteiger partial charge in [0.2, 0.25) is 0 Å². The topological polar surface area (TPSA) is 21.3 Å². The predicted octanol–water partition coefficient (Wildman–Crippen LogP) is 5.57. The third-order valence-electron chi connectivity index (χ3n) is 3.31. The molecule has 0 aliphatic heterocycles. The Morgan fingerprint density at radius 3 is 2.71 bits per heavy atom. The van der Waals surface area contributed by atoms with Gasteiger partial charge in [0, 0.05) is 10.5 Å². The van der Waals surface area contributed by atoms with Gasteiger partial charge in [-0.2, -0.15) is 0 Å². The molecular weight excluding hydrogens is 414 g/mol. The zero-order valence-electron chi connectivity index (χ0n) is 12.2. The number of rotatable bonds is 7. The summed E-state index contributed by atoms with van der Waals surface area (Å²) >= 11 is 8.93. The van der Waals surface area contributed by atoms with Crippen LogP contribution in [-0.4, -0.2) is 13.7 Å². The lowest BCUT2D eigenvalue weighted by Gasteiger charge is -2.19. The van der Waals surface area contributed by atoms with Gasteiger partial charge in [-0.3, -0.25) is 0 Å². The van der Waals surface area contributed by atoms with Gasteiger partial charge in [0.05, 0.1) is 10.9 Å². The fourth-order valence-corrected chi connectivity index (χ4v) is 3.83. The maximum Gasteiger partial charge on any atom is 0.119 e. The molecule has 1 heterocycles. The molecule has 0 aliphatic carbocycles. The van der Waals surface area contributed by atoms with Crippen molar-refractivity contribution < 1.29 is 4.74 Å². The maximum atomic E-state index is 5.34. The molecule has 0 aliphatic rings. The molecule has 1 N–H and O–H groups in total. The number of hydrogen-bond donors (Lipinski definition) is 1. The van der Waals surface area contributed by atoms with Gasteiger partial charge in [0.15, 0.2) is 0 Å². The van der Waals surface area contributed by atoms with Gasteiger partial charge in [-0.15, -0.1) is 11.3 Å². The highest BCUT2D eigenvalue weighted by molar-refractivity contribution is 9.11. The second-order valence-corrected chi connectivity index (χ2v) is 8.00. The van der Waals surface area contributed by atoms with Crippen LogP contribution in [0, 0.1) is 0 Å². The van der Waals surface area contributed by atoms with E-state index in [4.69, 9.17) is 4.74 Å². The summed E-state index contributed by atoms with van der Waals surface area (Å²) in [5, 5.41) is 5.85. The Balaban J connectivity index is 2.22. The summed E-state index contributed by atoms with van der Waals surface area (Å²) in [6.07, 6.45) is 2.06. The minimum Gasteiger partial charge on any atom is -0.497 e. The number of halogens is 2. The first-order chi connectivity index (χ1) is 10.1. The fourth-order valence-electron chi connectivity index (χ4n) is 2.19. The molecule has 5 heteroatoms. The Kier molecular flexibility index (Phi) is 6.74. The zero-order chi connectivity index (χ0) is 15.2. The Bertz CT molecular complexity index is 585. The highest BCUT2D eigenvalue weighted by Crippen LogP contribution is 2.30. The van der Waals surface area contributed by atoms with Crippen LogP contribution in [0.25, 0.3) is 0 Å². The Morgan fingerprint density at radius 2 is 2.10 bits per heavy atom. The molecule has 0 saturated carbocycles. The van der Waals surface area contributed by atoms with E-state index in [2.05, 4.69) is 67.7 Å². The normalized spacial score (nSPS) is 12.4. The molecule has 0 saturated heterocycles. The molecular formula is C16H19Br2NOS. The summed E-state index contributed by atoms with van der Waals surface area (Å²) in [6, 6.07) is 8.65. The van der Waals surface area contributed by atoms with Crippen molar-refractivity contribution in [2.75, 3.05) is 13.7 Å². The molecule has 0 bridgehead atoms. The standard InChI is InChI=1S/C16H19Br2NOS/c1-3-6-19-15(12-9-16(18)21-10-12)8-11-7-13(20-2)4-5-14(11)17/h4-5,7,9-10,15,19H,3,6,8H2,1-2H3. The van der Waals surface area contributed by atoms with Gasteiger partial charge in [-0.1, -0.05) is 22.9 Å². The predicted molar refractivity (Wildman–Crippen MR) is 97.5 cm³/mol. The first kappa shape index (κ1) is 17.0. The number of hydrogen-bond acceptors (Lipinski definition) is 3. The van der Waals surface area contributed by atoms with E-state index >= 15 is 0 Å². The average molecular weight is 433 g/mol. The SMILES string of the molecule is CCCNC(Cc1cc(OC)ccc1Br)c1csc(Br)c1. The number of nitrogens with one attached hydrogen (secondary N) is 1. The van der Waals surface area contributed by atoms with Gasteiger partial charge < -0.3 is 10.1 Å². The number of ether oxygens (including phenoxy) is 1. The molecule has 21 heavy (non-hydrogen) atoms. The van der Waals surface area contributed by atoms with Crippen molar-refractivity contribution in [3.63, 3.8) is 0 Å². The van der Waals surface area contributed by atoms with E-state index in [-0.39, 0.29) is 0 Å². The van der Waals surface area contributed by atoms with Crippen LogP contribution in [0.2, 0.25) is 0 Å². The lowest BCUT2D eigenvalue weighted by atomic mass is 10.0. The van der Waals surface area contributed by atoms with Crippen molar-refractivity contribution in [3.05, 3.63) is 49.0 Å². The molecule has 1 unspecified atom stereocenters. The quantitative estimate of drug-likeness (QED) is 0.617. The van der Waals surface area contributed by atoms with Gasteiger partial charge in [-0.05, 0) is 76.1 Å². The molecule has 0 spiro atoms. The minimum atomic E-state index is 0.316. The van der Waals surface area contributed by atoms with Crippen molar-refractivity contribution in [2.24, 2.45) is 0 Å². The third-order valence-corrected chi connectivity index (χ3v) is 5.60. The van der Waals surface area contributed by atoms with Crippen LogP contribution in [0.1, 0.15) is 30.5 Å². The van der Waals surface area contributed by atoms with E-state index in [1.54, 1.807) is 18.4 Å². The summed E-state index contributed by atoms with van der Waals surface area (Å²) in [4.78, 5) is 0. The Labute approximate surface area is 147 Å². The van der Waals surface area contributed by atoms with Crippen LogP contribution in [-0.2, 0) is 6.42 Å². The summed E-state index contributed by atoms with van der Waals surface area (Å²) in [7, 11) is 1.70. The van der Waals surface area contributed by atoms with Gasteiger partial charge in [-0.25, -0.2) is 0 Å². The van der Waals surface area contributed by atoms with Crippen LogP contribution < -0.4 is 10.1 Å². The lowest BCUT2D eigenvalue weighted by molar-refractivity contribution is 0.413. The summed E-state index contributed by atoms with van der Waals surface area (Å²) in [5.41, 5.74) is 2.58. The van der Waals surface area contributed by atoms with Crippen LogP contribution in [0.15, 0.2) is 37.9 Å². The molecule has 1 aromatic heterocycles.